The molecule has 0 aromatic heterocycles. The fourth-order valence-electron chi connectivity index (χ4n) is 1.16. The van der Waals surface area contributed by atoms with Gasteiger partial charge in [-0.2, -0.15) is 0 Å². The van der Waals surface area contributed by atoms with Crippen molar-refractivity contribution >= 4 is 24.0 Å². The van der Waals surface area contributed by atoms with E-state index >= 15 is 0 Å². The number of rotatable bonds is 3. The van der Waals surface area contributed by atoms with Crippen LogP contribution in [0.3, 0.4) is 0 Å². The lowest BCUT2D eigenvalue weighted by atomic mass is 9.92. The summed E-state index contributed by atoms with van der Waals surface area (Å²) in [5.74, 6) is 0. The molecule has 0 heterocycles. The van der Waals surface area contributed by atoms with E-state index in [-0.39, 0.29) is 17.8 Å². The largest absolute Gasteiger partial charge is 0.305 e. The Morgan fingerprint density at radius 1 is 1.75 bits per heavy atom. The van der Waals surface area contributed by atoms with Gasteiger partial charge in [0.25, 0.3) is 0 Å². The third kappa shape index (κ3) is 2.81. The number of allylic oxidation sites excluding steroid dienone is 1. The van der Waals surface area contributed by atoms with Crippen molar-refractivity contribution in [1.82, 2.24) is 4.90 Å². The molecule has 1 rings (SSSR count). The number of hydrogen-bond acceptors (Lipinski definition) is 1. The molecule has 0 bridgehead atoms. The minimum absolute atomic E-state index is 0. The van der Waals surface area contributed by atoms with Crippen LogP contribution in [0.4, 0.5) is 0 Å². The van der Waals surface area contributed by atoms with Crippen LogP contribution in [0.5, 0.6) is 0 Å². The van der Waals surface area contributed by atoms with E-state index in [0.717, 1.165) is 18.5 Å². The fourth-order valence-corrected chi connectivity index (χ4v) is 1.50. The number of likely N-dealkylation sites (N-methyl/N-ethyl adjacent to an activating group) is 1. The molecule has 0 saturated carbocycles. The van der Waals surface area contributed by atoms with Gasteiger partial charge in [0, 0.05) is 6.54 Å². The molecule has 1 atom stereocenters. The summed E-state index contributed by atoms with van der Waals surface area (Å²) in [5, 5.41) is 0.224. The molecule has 1 unspecified atom stereocenters. The van der Waals surface area contributed by atoms with Crippen LogP contribution in [0.1, 0.15) is 6.42 Å². The van der Waals surface area contributed by atoms with Crippen LogP contribution in [-0.4, -0.2) is 30.9 Å². The number of halogens is 2. The average molecular weight is 208 g/mol. The Morgan fingerprint density at radius 3 is 2.58 bits per heavy atom. The van der Waals surface area contributed by atoms with Crippen molar-refractivity contribution in [1.29, 1.82) is 0 Å². The second-order valence-electron chi connectivity index (χ2n) is 3.20. The first-order valence-corrected chi connectivity index (χ1v) is 4.22. The van der Waals surface area contributed by atoms with Gasteiger partial charge >= 0.3 is 0 Å². The number of hydrogen-bond donors (Lipinski definition) is 0. The summed E-state index contributed by atoms with van der Waals surface area (Å²) in [6.07, 6.45) is 3.16. The Labute approximate surface area is 85.5 Å². The SMILES string of the molecule is C=C(CN(C)C)C1=CCC1Cl.Cl. The maximum absolute atomic E-state index is 5.95. The molecule has 0 aromatic carbocycles. The second kappa shape index (κ2) is 4.90. The molecule has 1 nitrogen and oxygen atoms in total. The van der Waals surface area contributed by atoms with Crippen molar-refractivity contribution in [2.75, 3.05) is 20.6 Å². The van der Waals surface area contributed by atoms with Gasteiger partial charge in [-0.15, -0.1) is 24.0 Å². The molecule has 0 N–H and O–H groups in total. The molecule has 1 aliphatic rings. The molecule has 12 heavy (non-hydrogen) atoms. The van der Waals surface area contributed by atoms with E-state index in [4.69, 9.17) is 11.6 Å². The van der Waals surface area contributed by atoms with Crippen LogP contribution in [0.2, 0.25) is 0 Å². The first kappa shape index (κ1) is 12.0. The van der Waals surface area contributed by atoms with E-state index in [1.807, 2.05) is 14.1 Å². The van der Waals surface area contributed by atoms with Crippen LogP contribution in [0, 0.1) is 0 Å². The smallest absolute Gasteiger partial charge is 0.0619 e. The first-order valence-electron chi connectivity index (χ1n) is 3.78. The van der Waals surface area contributed by atoms with Crippen LogP contribution in [0.25, 0.3) is 0 Å². The van der Waals surface area contributed by atoms with Crippen molar-refractivity contribution in [3.8, 4) is 0 Å². The van der Waals surface area contributed by atoms with Gasteiger partial charge in [-0.3, -0.25) is 0 Å². The third-order valence-corrected chi connectivity index (χ3v) is 2.21. The molecule has 0 fully saturated rings. The lowest BCUT2D eigenvalue weighted by Gasteiger charge is -2.24. The van der Waals surface area contributed by atoms with Gasteiger partial charge in [0.2, 0.25) is 0 Å². The Kier molecular flexibility index (Phi) is 4.91. The Bertz CT molecular complexity index is 197. The minimum Gasteiger partial charge on any atom is -0.305 e. The summed E-state index contributed by atoms with van der Waals surface area (Å²) in [6, 6.07) is 0. The van der Waals surface area contributed by atoms with Crippen molar-refractivity contribution in [3.63, 3.8) is 0 Å². The standard InChI is InChI=1S/C9H14ClN.ClH/c1-7(6-11(2)3)8-4-5-9(8)10;/h4,9H,1,5-6H2,2-3H3;1H. The monoisotopic (exact) mass is 207 g/mol. The van der Waals surface area contributed by atoms with E-state index in [1.165, 1.54) is 5.57 Å². The molecule has 1 aliphatic carbocycles. The maximum Gasteiger partial charge on any atom is 0.0619 e. The molecular formula is C9H15Cl2N. The Hall–Kier alpha value is 0.0200. The zero-order valence-corrected chi connectivity index (χ0v) is 9.08. The lowest BCUT2D eigenvalue weighted by Crippen LogP contribution is -2.21. The summed E-state index contributed by atoms with van der Waals surface area (Å²) in [7, 11) is 4.07. The van der Waals surface area contributed by atoms with Crippen LogP contribution >= 0.6 is 24.0 Å². The zero-order chi connectivity index (χ0) is 8.43. The van der Waals surface area contributed by atoms with Gasteiger partial charge in [-0.25, -0.2) is 0 Å². The Balaban J connectivity index is 0.00000121. The molecule has 0 spiro atoms. The highest BCUT2D eigenvalue weighted by Crippen LogP contribution is 2.30. The van der Waals surface area contributed by atoms with E-state index in [9.17, 15) is 0 Å². The van der Waals surface area contributed by atoms with E-state index in [2.05, 4.69) is 17.6 Å². The quantitative estimate of drug-likeness (QED) is 0.644. The normalized spacial score (nSPS) is 21.0. The van der Waals surface area contributed by atoms with Crippen molar-refractivity contribution < 1.29 is 0 Å². The molecule has 0 saturated heterocycles. The zero-order valence-electron chi connectivity index (χ0n) is 7.51. The predicted molar refractivity (Wildman–Crippen MR) is 57.3 cm³/mol. The van der Waals surface area contributed by atoms with Crippen molar-refractivity contribution in [2.45, 2.75) is 11.8 Å². The number of alkyl halides is 1. The highest BCUT2D eigenvalue weighted by atomic mass is 35.5. The highest BCUT2D eigenvalue weighted by molar-refractivity contribution is 6.23. The molecule has 70 valence electrons. The second-order valence-corrected chi connectivity index (χ2v) is 3.73. The topological polar surface area (TPSA) is 3.24 Å². The average Bonchev–Trinajstić information content (AvgIpc) is 1.82. The molecule has 0 aromatic rings. The van der Waals surface area contributed by atoms with Gasteiger partial charge in [-0.1, -0.05) is 12.7 Å². The van der Waals surface area contributed by atoms with Crippen LogP contribution in [0.15, 0.2) is 23.8 Å². The summed E-state index contributed by atoms with van der Waals surface area (Å²) >= 11 is 5.95. The van der Waals surface area contributed by atoms with E-state index < -0.39 is 0 Å². The minimum atomic E-state index is 0. The molecule has 0 radical (unpaired) electrons. The summed E-state index contributed by atoms with van der Waals surface area (Å²) in [6.45, 7) is 4.88. The van der Waals surface area contributed by atoms with E-state index in [1.54, 1.807) is 0 Å². The van der Waals surface area contributed by atoms with E-state index in [0.29, 0.717) is 0 Å². The molecule has 0 amide bonds. The lowest BCUT2D eigenvalue weighted by molar-refractivity contribution is 0.445. The van der Waals surface area contributed by atoms with Crippen LogP contribution < -0.4 is 0 Å². The van der Waals surface area contributed by atoms with Gasteiger partial charge in [0.05, 0.1) is 5.38 Å². The highest BCUT2D eigenvalue weighted by Gasteiger charge is 2.20. The predicted octanol–water partition coefficient (Wildman–Crippen LogP) is 2.46. The summed E-state index contributed by atoms with van der Waals surface area (Å²) in [5.41, 5.74) is 2.39. The number of nitrogens with zero attached hydrogens (tertiary/aromatic N) is 1. The fraction of sp³-hybridized carbons (Fsp3) is 0.556. The molecule has 3 heteroatoms. The first-order chi connectivity index (χ1) is 5.11. The van der Waals surface area contributed by atoms with Crippen molar-refractivity contribution in [2.24, 2.45) is 0 Å². The van der Waals surface area contributed by atoms with Gasteiger partial charge in [0.15, 0.2) is 0 Å². The summed E-state index contributed by atoms with van der Waals surface area (Å²) < 4.78 is 0. The van der Waals surface area contributed by atoms with Gasteiger partial charge in [0.1, 0.15) is 0 Å². The molecular weight excluding hydrogens is 193 g/mol. The van der Waals surface area contributed by atoms with Gasteiger partial charge in [-0.05, 0) is 31.7 Å². The van der Waals surface area contributed by atoms with Crippen molar-refractivity contribution in [3.05, 3.63) is 23.8 Å². The maximum atomic E-state index is 5.95. The third-order valence-electron chi connectivity index (χ3n) is 1.80. The van der Waals surface area contributed by atoms with Gasteiger partial charge < -0.3 is 4.90 Å². The summed E-state index contributed by atoms with van der Waals surface area (Å²) in [4.78, 5) is 2.10. The van der Waals surface area contributed by atoms with Crippen LogP contribution in [-0.2, 0) is 0 Å². The Morgan fingerprint density at radius 2 is 2.33 bits per heavy atom. The molecule has 0 aliphatic heterocycles.